The van der Waals surface area contributed by atoms with E-state index in [0.717, 1.165) is 23.6 Å². The lowest BCUT2D eigenvalue weighted by Crippen LogP contribution is -2.52. The van der Waals surface area contributed by atoms with Gasteiger partial charge >= 0.3 is 5.76 Å². The van der Waals surface area contributed by atoms with Crippen molar-refractivity contribution in [2.24, 2.45) is 17.8 Å². The van der Waals surface area contributed by atoms with E-state index < -0.39 is 41.3 Å². The fraction of sp³-hybridized carbons (Fsp3) is 0.577. The maximum atomic E-state index is 13.6. The van der Waals surface area contributed by atoms with Crippen LogP contribution in [0.15, 0.2) is 33.5 Å². The van der Waals surface area contributed by atoms with Crippen molar-refractivity contribution in [1.82, 2.24) is 20.4 Å². The summed E-state index contributed by atoms with van der Waals surface area (Å²) in [6.45, 7) is 7.98. The zero-order valence-electron chi connectivity index (χ0n) is 21.3. The van der Waals surface area contributed by atoms with Gasteiger partial charge in [0.05, 0.1) is 18.5 Å². The van der Waals surface area contributed by atoms with Crippen molar-refractivity contribution in [2.75, 3.05) is 0 Å². The van der Waals surface area contributed by atoms with Crippen molar-refractivity contribution in [3.63, 3.8) is 0 Å². The van der Waals surface area contributed by atoms with Gasteiger partial charge in [0.1, 0.15) is 5.82 Å². The summed E-state index contributed by atoms with van der Waals surface area (Å²) in [5.41, 5.74) is 0.180. The van der Waals surface area contributed by atoms with Crippen LogP contribution in [-0.4, -0.2) is 39.5 Å². The Hall–Kier alpha value is -3.30. The number of carbonyl (C=O) groups excluding carboxylic acids is 3. The Bertz CT molecular complexity index is 1140. The fourth-order valence-corrected chi connectivity index (χ4v) is 4.50. The van der Waals surface area contributed by atoms with Gasteiger partial charge in [0.2, 0.25) is 11.7 Å². The zero-order valence-corrected chi connectivity index (χ0v) is 21.3. The van der Waals surface area contributed by atoms with E-state index in [1.54, 1.807) is 0 Å². The Labute approximate surface area is 209 Å². The third kappa shape index (κ3) is 7.11. The molecule has 3 atom stereocenters. The van der Waals surface area contributed by atoms with Crippen LogP contribution in [0.1, 0.15) is 80.8 Å². The fourth-order valence-electron chi connectivity index (χ4n) is 4.50. The molecule has 1 heterocycles. The van der Waals surface area contributed by atoms with Crippen LogP contribution in [0.3, 0.4) is 0 Å². The first kappa shape index (κ1) is 27.3. The Morgan fingerprint density at radius 1 is 1.14 bits per heavy atom. The largest absolute Gasteiger partial charge is 0.437 e. The minimum atomic E-state index is -0.926. The lowest BCUT2D eigenvalue weighted by atomic mass is 9.83. The van der Waals surface area contributed by atoms with Crippen LogP contribution < -0.4 is 16.4 Å². The van der Waals surface area contributed by atoms with Gasteiger partial charge in [-0.1, -0.05) is 46.6 Å². The molecule has 1 aromatic carbocycles. The number of rotatable bonds is 10. The monoisotopic (exact) mass is 502 g/mol. The van der Waals surface area contributed by atoms with Crippen molar-refractivity contribution >= 4 is 17.6 Å². The number of Topliss-reactive ketones (excluding diaryl/α,β-unsaturated/α-hetero) is 1. The average Bonchev–Trinajstić information content (AvgIpc) is 3.17. The van der Waals surface area contributed by atoms with E-state index in [-0.39, 0.29) is 29.2 Å². The van der Waals surface area contributed by atoms with Gasteiger partial charge in [-0.15, -0.1) is 5.10 Å². The molecule has 2 aromatic rings. The first-order valence-electron chi connectivity index (χ1n) is 12.5. The second kappa shape index (κ2) is 12.1. The van der Waals surface area contributed by atoms with Gasteiger partial charge < -0.3 is 15.1 Å². The summed E-state index contributed by atoms with van der Waals surface area (Å²) in [7, 11) is 0. The molecule has 0 bridgehead atoms. The summed E-state index contributed by atoms with van der Waals surface area (Å²) in [6.07, 6.45) is 3.11. The minimum Gasteiger partial charge on any atom is -0.384 e. The lowest BCUT2D eigenvalue weighted by molar-refractivity contribution is -0.127. The molecule has 9 nitrogen and oxygen atoms in total. The third-order valence-electron chi connectivity index (χ3n) is 6.20. The molecule has 0 saturated heterocycles. The number of hydrogen-bond donors (Lipinski definition) is 2. The van der Waals surface area contributed by atoms with Crippen LogP contribution in [0.5, 0.6) is 0 Å². The Morgan fingerprint density at radius 2 is 1.86 bits per heavy atom. The van der Waals surface area contributed by atoms with Gasteiger partial charge in [-0.05, 0) is 49.3 Å². The quantitative estimate of drug-likeness (QED) is 0.481. The van der Waals surface area contributed by atoms with Gasteiger partial charge in [-0.3, -0.25) is 14.4 Å². The van der Waals surface area contributed by atoms with Crippen molar-refractivity contribution in [3.8, 4) is 0 Å². The maximum absolute atomic E-state index is 13.6. The van der Waals surface area contributed by atoms with Crippen molar-refractivity contribution in [2.45, 2.75) is 78.4 Å². The van der Waals surface area contributed by atoms with E-state index in [1.807, 2.05) is 27.7 Å². The highest BCUT2D eigenvalue weighted by molar-refractivity contribution is 5.99. The van der Waals surface area contributed by atoms with Crippen LogP contribution >= 0.6 is 0 Å². The molecule has 1 fully saturated rings. The molecule has 0 unspecified atom stereocenters. The smallest absolute Gasteiger partial charge is 0.384 e. The number of hydrogen-bond acceptors (Lipinski definition) is 6. The highest BCUT2D eigenvalue weighted by Crippen LogP contribution is 2.26. The topological polar surface area (TPSA) is 123 Å². The van der Waals surface area contributed by atoms with Crippen LogP contribution in [0.4, 0.5) is 4.39 Å². The molecular weight excluding hydrogens is 467 g/mol. The molecule has 2 N–H and O–H groups in total. The predicted molar refractivity (Wildman–Crippen MR) is 131 cm³/mol. The summed E-state index contributed by atoms with van der Waals surface area (Å²) < 4.78 is 19.8. The van der Waals surface area contributed by atoms with E-state index in [0.29, 0.717) is 25.8 Å². The molecule has 36 heavy (non-hydrogen) atoms. The summed E-state index contributed by atoms with van der Waals surface area (Å²) in [4.78, 5) is 51.3. The first-order valence-corrected chi connectivity index (χ1v) is 12.5. The van der Waals surface area contributed by atoms with E-state index >= 15 is 0 Å². The Morgan fingerprint density at radius 3 is 2.53 bits per heavy atom. The van der Waals surface area contributed by atoms with Crippen molar-refractivity contribution < 1.29 is 23.2 Å². The molecule has 0 spiro atoms. The van der Waals surface area contributed by atoms with Crippen molar-refractivity contribution in [1.29, 1.82) is 0 Å². The predicted octanol–water partition coefficient (Wildman–Crippen LogP) is 3.33. The molecular formula is C26H35FN4O5. The minimum absolute atomic E-state index is 0.0681. The molecule has 1 saturated carbocycles. The SMILES string of the molecule is CC(C)C[C@H](NC(=O)[C@@H]1CCCC[C@@H]1NC(=O)c1cccc(F)c1)C(=O)c1nn(CC(C)C)c(=O)o1. The second-order valence-electron chi connectivity index (χ2n) is 10.3. The molecule has 1 aliphatic carbocycles. The summed E-state index contributed by atoms with van der Waals surface area (Å²) >= 11 is 0. The van der Waals surface area contributed by atoms with E-state index in [9.17, 15) is 23.6 Å². The van der Waals surface area contributed by atoms with E-state index in [4.69, 9.17) is 4.42 Å². The van der Waals surface area contributed by atoms with Crippen LogP contribution in [0, 0.1) is 23.6 Å². The van der Waals surface area contributed by atoms with Gasteiger partial charge in [0.25, 0.3) is 11.8 Å². The molecule has 1 aliphatic rings. The number of nitrogens with zero attached hydrogens (tertiary/aromatic N) is 2. The van der Waals surface area contributed by atoms with Crippen LogP contribution in [0.2, 0.25) is 0 Å². The van der Waals surface area contributed by atoms with Crippen LogP contribution in [0.25, 0.3) is 0 Å². The summed E-state index contributed by atoms with van der Waals surface area (Å²) in [5.74, 6) is -3.28. The van der Waals surface area contributed by atoms with Gasteiger partial charge in [0, 0.05) is 11.6 Å². The van der Waals surface area contributed by atoms with E-state index in [1.165, 1.54) is 18.2 Å². The number of carbonyl (C=O) groups is 3. The summed E-state index contributed by atoms with van der Waals surface area (Å²) in [5, 5.41) is 9.74. The number of amides is 2. The van der Waals surface area contributed by atoms with Gasteiger partial charge in [-0.25, -0.2) is 9.18 Å². The van der Waals surface area contributed by atoms with Crippen LogP contribution in [-0.2, 0) is 11.3 Å². The number of benzene rings is 1. The number of halogens is 1. The Kier molecular flexibility index (Phi) is 9.17. The molecule has 0 radical (unpaired) electrons. The highest BCUT2D eigenvalue weighted by Gasteiger charge is 2.35. The molecule has 1 aromatic heterocycles. The number of aromatic nitrogens is 2. The maximum Gasteiger partial charge on any atom is 0.437 e. The molecule has 196 valence electrons. The first-order chi connectivity index (χ1) is 17.0. The molecule has 2 amide bonds. The van der Waals surface area contributed by atoms with Crippen molar-refractivity contribution in [3.05, 3.63) is 52.1 Å². The van der Waals surface area contributed by atoms with E-state index in [2.05, 4.69) is 15.7 Å². The standard InChI is InChI=1S/C26H35FN4O5/c1-15(2)12-21(22(32)25-30-31(14-16(3)4)26(35)36-25)29-24(34)19-10-5-6-11-20(19)28-23(33)17-8-7-9-18(27)13-17/h7-9,13,15-16,19-21H,5-6,10-12,14H2,1-4H3,(H,28,33)(H,29,34)/t19-,20+,21+/m1/s1. The second-order valence-corrected chi connectivity index (χ2v) is 10.3. The van der Waals surface area contributed by atoms with Gasteiger partial charge in [0.15, 0.2) is 0 Å². The third-order valence-corrected chi connectivity index (χ3v) is 6.20. The molecule has 0 aliphatic heterocycles. The summed E-state index contributed by atoms with van der Waals surface area (Å²) in [6, 6.07) is 4.00. The number of ketones is 1. The van der Waals surface area contributed by atoms with Gasteiger partial charge in [-0.2, -0.15) is 4.68 Å². The lowest BCUT2D eigenvalue weighted by Gasteiger charge is -2.32. The highest BCUT2D eigenvalue weighted by atomic mass is 19.1. The molecule has 3 rings (SSSR count). The average molecular weight is 503 g/mol. The molecule has 10 heteroatoms. The number of nitrogens with one attached hydrogen (secondary N) is 2. The normalized spacial score (nSPS) is 18.8. The Balaban J connectivity index is 1.75. The zero-order chi connectivity index (χ0) is 26.4.